The number of ether oxygens (including phenoxy) is 1. The van der Waals surface area contributed by atoms with Crippen LogP contribution in [0, 0.1) is 5.82 Å². The zero-order valence-corrected chi connectivity index (χ0v) is 12.7. The van der Waals surface area contributed by atoms with E-state index in [4.69, 9.17) is 4.74 Å². The van der Waals surface area contributed by atoms with Crippen LogP contribution in [0.3, 0.4) is 0 Å². The van der Waals surface area contributed by atoms with Crippen LogP contribution in [0.1, 0.15) is 31.4 Å². The van der Waals surface area contributed by atoms with E-state index in [0.717, 1.165) is 12.8 Å². The van der Waals surface area contributed by atoms with Gasteiger partial charge in [-0.15, -0.1) is 5.10 Å². The smallest absolute Gasteiger partial charge is 0.242 e. The zero-order valence-electron chi connectivity index (χ0n) is 12.7. The Morgan fingerprint density at radius 3 is 2.78 bits per heavy atom. The van der Waals surface area contributed by atoms with E-state index in [9.17, 15) is 9.18 Å². The fourth-order valence-corrected chi connectivity index (χ4v) is 2.66. The molecule has 0 aliphatic heterocycles. The normalized spacial score (nSPS) is 14.8. The van der Waals surface area contributed by atoms with Gasteiger partial charge in [0, 0.05) is 6.04 Å². The molecule has 23 heavy (non-hydrogen) atoms. The van der Waals surface area contributed by atoms with E-state index in [1.54, 1.807) is 18.3 Å². The number of carbonyl (C=O) groups is 1. The molecule has 2 aromatic rings. The first-order valence-electron chi connectivity index (χ1n) is 7.76. The largest absolute Gasteiger partial charge is 0.487 e. The van der Waals surface area contributed by atoms with Crippen molar-refractivity contribution in [1.29, 1.82) is 0 Å². The van der Waals surface area contributed by atoms with Crippen molar-refractivity contribution in [3.63, 3.8) is 0 Å². The van der Waals surface area contributed by atoms with Crippen molar-refractivity contribution in [2.75, 3.05) is 0 Å². The number of benzene rings is 1. The topological polar surface area (TPSA) is 69.0 Å². The van der Waals surface area contributed by atoms with Crippen LogP contribution in [0.2, 0.25) is 0 Å². The van der Waals surface area contributed by atoms with E-state index in [0.29, 0.717) is 17.5 Å². The molecule has 1 aliphatic rings. The summed E-state index contributed by atoms with van der Waals surface area (Å²) in [5.74, 6) is 0.198. The van der Waals surface area contributed by atoms with E-state index in [2.05, 4.69) is 15.6 Å². The van der Waals surface area contributed by atoms with Crippen molar-refractivity contribution < 1.29 is 13.9 Å². The Bertz CT molecular complexity index is 650. The van der Waals surface area contributed by atoms with Crippen molar-refractivity contribution in [3.05, 3.63) is 42.0 Å². The second-order valence-electron chi connectivity index (χ2n) is 5.70. The molecule has 122 valence electrons. The minimum Gasteiger partial charge on any atom is -0.487 e. The van der Waals surface area contributed by atoms with Crippen molar-refractivity contribution in [2.24, 2.45) is 0 Å². The molecule has 0 bridgehead atoms. The van der Waals surface area contributed by atoms with Crippen LogP contribution in [0.5, 0.6) is 5.75 Å². The molecule has 1 saturated carbocycles. The molecule has 7 heteroatoms. The number of amides is 1. The van der Waals surface area contributed by atoms with Crippen LogP contribution in [-0.4, -0.2) is 26.9 Å². The lowest BCUT2D eigenvalue weighted by Crippen LogP contribution is -2.35. The molecule has 1 aromatic heterocycles. The summed E-state index contributed by atoms with van der Waals surface area (Å²) in [5, 5.41) is 10.9. The first-order valence-corrected chi connectivity index (χ1v) is 7.76. The second kappa shape index (κ2) is 7.21. The minimum absolute atomic E-state index is 0.0483. The molecule has 0 radical (unpaired) electrons. The summed E-state index contributed by atoms with van der Waals surface area (Å²) in [7, 11) is 0. The van der Waals surface area contributed by atoms with E-state index < -0.39 is 0 Å². The Morgan fingerprint density at radius 1 is 1.30 bits per heavy atom. The highest BCUT2D eigenvalue weighted by Crippen LogP contribution is 2.17. The number of hydrogen-bond donors (Lipinski definition) is 1. The minimum atomic E-state index is -0.309. The molecule has 0 unspecified atom stereocenters. The lowest BCUT2D eigenvalue weighted by Gasteiger charge is -2.11. The molecule has 0 spiro atoms. The zero-order chi connectivity index (χ0) is 16.1. The Balaban J connectivity index is 1.47. The van der Waals surface area contributed by atoms with Crippen LogP contribution < -0.4 is 10.1 Å². The molecular formula is C16H19FN4O2. The first kappa shape index (κ1) is 15.5. The third-order valence-electron chi connectivity index (χ3n) is 3.81. The molecule has 1 amide bonds. The summed E-state index contributed by atoms with van der Waals surface area (Å²) in [4.78, 5) is 11.9. The summed E-state index contributed by atoms with van der Waals surface area (Å²) in [6.07, 6.45) is 6.15. The maximum Gasteiger partial charge on any atom is 0.242 e. The average molecular weight is 318 g/mol. The van der Waals surface area contributed by atoms with Crippen LogP contribution in [0.4, 0.5) is 4.39 Å². The summed E-state index contributed by atoms with van der Waals surface area (Å²) < 4.78 is 19.8. The predicted molar refractivity (Wildman–Crippen MR) is 81.2 cm³/mol. The third-order valence-corrected chi connectivity index (χ3v) is 3.81. The summed E-state index contributed by atoms with van der Waals surface area (Å²) >= 11 is 0. The first-order chi connectivity index (χ1) is 11.2. The molecule has 1 fully saturated rings. The SMILES string of the molecule is O=C(Cn1cc(COc2ccc(F)cc2)nn1)NC1CCCC1. The van der Waals surface area contributed by atoms with Crippen molar-refractivity contribution in [1.82, 2.24) is 20.3 Å². The van der Waals surface area contributed by atoms with E-state index in [1.165, 1.54) is 29.7 Å². The second-order valence-corrected chi connectivity index (χ2v) is 5.70. The molecule has 6 nitrogen and oxygen atoms in total. The van der Waals surface area contributed by atoms with Gasteiger partial charge in [-0.25, -0.2) is 9.07 Å². The van der Waals surface area contributed by atoms with Gasteiger partial charge in [0.05, 0.1) is 6.20 Å². The van der Waals surface area contributed by atoms with Gasteiger partial charge in [0.1, 0.15) is 30.4 Å². The van der Waals surface area contributed by atoms with Gasteiger partial charge >= 0.3 is 0 Å². The van der Waals surface area contributed by atoms with Gasteiger partial charge in [-0.1, -0.05) is 18.1 Å². The molecule has 0 saturated heterocycles. The van der Waals surface area contributed by atoms with Crippen molar-refractivity contribution in [2.45, 2.75) is 44.9 Å². The fourth-order valence-electron chi connectivity index (χ4n) is 2.66. The Kier molecular flexibility index (Phi) is 4.85. The monoisotopic (exact) mass is 318 g/mol. The fraction of sp³-hybridized carbons (Fsp3) is 0.438. The van der Waals surface area contributed by atoms with Crippen LogP contribution in [0.25, 0.3) is 0 Å². The number of hydrogen-bond acceptors (Lipinski definition) is 4. The van der Waals surface area contributed by atoms with Gasteiger partial charge < -0.3 is 10.1 Å². The number of nitrogens with one attached hydrogen (secondary N) is 1. The maximum absolute atomic E-state index is 12.8. The average Bonchev–Trinajstić information content (AvgIpc) is 3.19. The maximum atomic E-state index is 12.8. The van der Waals surface area contributed by atoms with Gasteiger partial charge in [-0.3, -0.25) is 4.79 Å². The highest BCUT2D eigenvalue weighted by atomic mass is 19.1. The van der Waals surface area contributed by atoms with Gasteiger partial charge in [-0.05, 0) is 37.1 Å². The lowest BCUT2D eigenvalue weighted by molar-refractivity contribution is -0.122. The van der Waals surface area contributed by atoms with Crippen LogP contribution in [0.15, 0.2) is 30.5 Å². The predicted octanol–water partition coefficient (Wildman–Crippen LogP) is 2.05. The molecule has 0 atom stereocenters. The standard InChI is InChI=1S/C16H19FN4O2/c17-12-5-7-15(8-6-12)23-11-14-9-21(20-19-14)10-16(22)18-13-3-1-2-4-13/h5-9,13H,1-4,10-11H2,(H,18,22). The van der Waals surface area contributed by atoms with Gasteiger partial charge in [0.25, 0.3) is 0 Å². The Labute approximate surface area is 133 Å². The molecule has 1 N–H and O–H groups in total. The van der Waals surface area contributed by atoms with Crippen LogP contribution in [-0.2, 0) is 17.9 Å². The number of rotatable bonds is 6. The van der Waals surface area contributed by atoms with E-state index >= 15 is 0 Å². The molecule has 1 aromatic carbocycles. The van der Waals surface area contributed by atoms with Crippen molar-refractivity contribution in [3.8, 4) is 5.75 Å². The quantitative estimate of drug-likeness (QED) is 0.885. The molecule has 1 heterocycles. The number of carbonyl (C=O) groups excluding carboxylic acids is 1. The third kappa shape index (κ3) is 4.51. The highest BCUT2D eigenvalue weighted by Gasteiger charge is 2.17. The Hall–Kier alpha value is -2.44. The number of halogens is 1. The van der Waals surface area contributed by atoms with Gasteiger partial charge in [0.2, 0.25) is 5.91 Å². The summed E-state index contributed by atoms with van der Waals surface area (Å²) in [6.45, 7) is 0.371. The van der Waals surface area contributed by atoms with E-state index in [-0.39, 0.29) is 24.9 Å². The molecule has 3 rings (SSSR count). The summed E-state index contributed by atoms with van der Waals surface area (Å²) in [5.41, 5.74) is 0.614. The van der Waals surface area contributed by atoms with E-state index in [1.807, 2.05) is 0 Å². The summed E-state index contributed by atoms with van der Waals surface area (Å²) in [6, 6.07) is 6.06. The van der Waals surface area contributed by atoms with Gasteiger partial charge in [-0.2, -0.15) is 0 Å². The highest BCUT2D eigenvalue weighted by molar-refractivity contribution is 5.75. The lowest BCUT2D eigenvalue weighted by atomic mass is 10.2. The number of aromatic nitrogens is 3. The van der Waals surface area contributed by atoms with Crippen LogP contribution >= 0.6 is 0 Å². The van der Waals surface area contributed by atoms with Crippen molar-refractivity contribution >= 4 is 5.91 Å². The molecular weight excluding hydrogens is 299 g/mol. The van der Waals surface area contributed by atoms with Gasteiger partial charge in [0.15, 0.2) is 0 Å². The Morgan fingerprint density at radius 2 is 2.04 bits per heavy atom. The molecule has 1 aliphatic carbocycles. The number of nitrogens with zero attached hydrogens (tertiary/aromatic N) is 3.